The highest BCUT2D eigenvalue weighted by molar-refractivity contribution is 7.71. The molecule has 2 aromatic heterocycles. The van der Waals surface area contributed by atoms with Crippen LogP contribution in [0.25, 0.3) is 11.4 Å². The summed E-state index contributed by atoms with van der Waals surface area (Å²) in [6.45, 7) is 6.97. The van der Waals surface area contributed by atoms with Gasteiger partial charge in [-0.05, 0) is 72.7 Å². The summed E-state index contributed by atoms with van der Waals surface area (Å²) in [5.41, 5.74) is 5.54. The minimum Gasteiger partial charge on any atom is -0.313 e. The van der Waals surface area contributed by atoms with Gasteiger partial charge in [0.2, 0.25) is 4.77 Å². The standard InChI is InChI=1S/C21H24N8S/c1-15-6-5-7-20(16(15)2)29-21(30)28(24-25-29)14-26(4)17(3)18-8-10-19(11-9-18)27-13-22-12-23-27/h5-13,17H,14H2,1-4H3/p+1/t17-/m0/s1. The van der Waals surface area contributed by atoms with Gasteiger partial charge in [0.05, 0.1) is 18.4 Å². The molecule has 0 aliphatic rings. The van der Waals surface area contributed by atoms with E-state index in [1.165, 1.54) is 22.4 Å². The second-order valence-corrected chi connectivity index (χ2v) is 7.91. The van der Waals surface area contributed by atoms with E-state index in [1.807, 2.05) is 12.1 Å². The Balaban J connectivity index is 1.51. The van der Waals surface area contributed by atoms with Crippen LogP contribution in [0.2, 0.25) is 0 Å². The molecule has 0 amide bonds. The van der Waals surface area contributed by atoms with Gasteiger partial charge in [0.25, 0.3) is 0 Å². The van der Waals surface area contributed by atoms with Gasteiger partial charge in [-0.3, -0.25) is 0 Å². The van der Waals surface area contributed by atoms with Crippen LogP contribution in [0.15, 0.2) is 55.1 Å². The Morgan fingerprint density at radius 3 is 2.53 bits per heavy atom. The quantitative estimate of drug-likeness (QED) is 0.484. The summed E-state index contributed by atoms with van der Waals surface area (Å²) in [6, 6.07) is 14.7. The number of nitrogens with zero attached hydrogens (tertiary/aromatic N) is 7. The normalized spacial score (nSPS) is 13.3. The lowest BCUT2D eigenvalue weighted by molar-refractivity contribution is -0.933. The lowest BCUT2D eigenvalue weighted by Gasteiger charge is -2.21. The Labute approximate surface area is 180 Å². The van der Waals surface area contributed by atoms with Crippen LogP contribution >= 0.6 is 12.2 Å². The third-order valence-corrected chi connectivity index (χ3v) is 6.04. The number of aromatic nitrogens is 7. The van der Waals surface area contributed by atoms with Crippen molar-refractivity contribution in [2.24, 2.45) is 0 Å². The van der Waals surface area contributed by atoms with Crippen molar-refractivity contribution in [1.29, 1.82) is 0 Å². The Morgan fingerprint density at radius 2 is 1.83 bits per heavy atom. The number of nitrogens with one attached hydrogen (secondary N) is 1. The minimum atomic E-state index is 0.252. The van der Waals surface area contributed by atoms with Crippen molar-refractivity contribution in [1.82, 2.24) is 34.6 Å². The molecule has 8 nitrogen and oxygen atoms in total. The molecule has 2 heterocycles. The van der Waals surface area contributed by atoms with Crippen molar-refractivity contribution in [2.75, 3.05) is 7.05 Å². The molecule has 4 rings (SSSR count). The number of hydrogen-bond acceptors (Lipinski definition) is 5. The first-order valence-electron chi connectivity index (χ1n) is 9.82. The zero-order valence-electron chi connectivity index (χ0n) is 17.5. The highest BCUT2D eigenvalue weighted by atomic mass is 32.1. The molecule has 1 unspecified atom stereocenters. The molecule has 0 bridgehead atoms. The van der Waals surface area contributed by atoms with E-state index >= 15 is 0 Å². The van der Waals surface area contributed by atoms with E-state index < -0.39 is 0 Å². The molecule has 4 aromatic rings. The third kappa shape index (κ3) is 3.81. The first-order chi connectivity index (χ1) is 14.5. The van der Waals surface area contributed by atoms with Crippen LogP contribution in [0.1, 0.15) is 29.7 Å². The van der Waals surface area contributed by atoms with Gasteiger partial charge < -0.3 is 4.90 Å². The molecule has 0 saturated heterocycles. The third-order valence-electron chi connectivity index (χ3n) is 5.66. The molecule has 9 heteroatoms. The number of rotatable bonds is 6. The van der Waals surface area contributed by atoms with Crippen molar-refractivity contribution in [2.45, 2.75) is 33.5 Å². The molecular formula is C21H25N8S+. The number of quaternary nitrogens is 1. The van der Waals surface area contributed by atoms with Gasteiger partial charge in [0, 0.05) is 5.56 Å². The predicted molar refractivity (Wildman–Crippen MR) is 116 cm³/mol. The maximum Gasteiger partial charge on any atom is 0.225 e. The molecule has 0 aliphatic heterocycles. The van der Waals surface area contributed by atoms with Crippen molar-refractivity contribution < 1.29 is 4.90 Å². The van der Waals surface area contributed by atoms with Gasteiger partial charge in [-0.15, -0.1) is 0 Å². The van der Waals surface area contributed by atoms with Crippen LogP contribution in [-0.2, 0) is 6.67 Å². The van der Waals surface area contributed by atoms with E-state index in [2.05, 4.69) is 78.7 Å². The lowest BCUT2D eigenvalue weighted by Crippen LogP contribution is -3.08. The van der Waals surface area contributed by atoms with Gasteiger partial charge in [0.15, 0.2) is 6.67 Å². The highest BCUT2D eigenvalue weighted by Gasteiger charge is 2.18. The van der Waals surface area contributed by atoms with Crippen molar-refractivity contribution in [3.63, 3.8) is 0 Å². The summed E-state index contributed by atoms with van der Waals surface area (Å²) < 4.78 is 5.86. The Kier molecular flexibility index (Phi) is 5.56. The van der Waals surface area contributed by atoms with E-state index in [4.69, 9.17) is 12.2 Å². The number of benzene rings is 2. The molecule has 0 radical (unpaired) electrons. The molecule has 2 aromatic carbocycles. The Morgan fingerprint density at radius 1 is 1.07 bits per heavy atom. The monoisotopic (exact) mass is 421 g/mol. The zero-order chi connectivity index (χ0) is 21.3. The number of aryl methyl sites for hydroxylation is 1. The number of hydrogen-bond donors (Lipinski definition) is 1. The van der Waals surface area contributed by atoms with Crippen LogP contribution in [0.5, 0.6) is 0 Å². The average molecular weight is 422 g/mol. The largest absolute Gasteiger partial charge is 0.313 e. The summed E-state index contributed by atoms with van der Waals surface area (Å²) in [6.07, 6.45) is 3.22. The first kappa shape index (κ1) is 20.1. The van der Waals surface area contributed by atoms with Crippen LogP contribution in [0.3, 0.4) is 0 Å². The fraction of sp³-hybridized carbons (Fsp3) is 0.286. The molecule has 2 atom stereocenters. The molecule has 0 spiro atoms. The Bertz CT molecular complexity index is 1190. The van der Waals surface area contributed by atoms with Crippen LogP contribution < -0.4 is 4.90 Å². The van der Waals surface area contributed by atoms with Gasteiger partial charge >= 0.3 is 0 Å². The van der Waals surface area contributed by atoms with Crippen molar-refractivity contribution >= 4 is 12.2 Å². The van der Waals surface area contributed by atoms with Gasteiger partial charge in [-0.1, -0.05) is 24.3 Å². The van der Waals surface area contributed by atoms with Crippen molar-refractivity contribution in [3.8, 4) is 11.4 Å². The lowest BCUT2D eigenvalue weighted by atomic mass is 10.1. The van der Waals surface area contributed by atoms with Crippen LogP contribution in [-0.4, -0.2) is 41.6 Å². The van der Waals surface area contributed by atoms with E-state index in [0.717, 1.165) is 16.9 Å². The number of tetrazole rings is 1. The second-order valence-electron chi connectivity index (χ2n) is 7.55. The van der Waals surface area contributed by atoms with Crippen LogP contribution in [0.4, 0.5) is 0 Å². The first-order valence-corrected chi connectivity index (χ1v) is 10.2. The molecule has 1 N–H and O–H groups in total. The molecule has 0 fully saturated rings. The molecule has 30 heavy (non-hydrogen) atoms. The summed E-state index contributed by atoms with van der Waals surface area (Å²) in [7, 11) is 2.13. The van der Waals surface area contributed by atoms with Crippen molar-refractivity contribution in [3.05, 3.63) is 76.6 Å². The Hall–Kier alpha value is -3.17. The summed E-state index contributed by atoms with van der Waals surface area (Å²) >= 11 is 5.67. The van der Waals surface area contributed by atoms with Gasteiger partial charge in [-0.25, -0.2) is 9.67 Å². The SMILES string of the molecule is Cc1cccc(-n2nnn(C[NH+](C)[C@@H](C)c3ccc(-n4cncn4)cc3)c2=S)c1C. The van der Waals surface area contributed by atoms with E-state index in [9.17, 15) is 0 Å². The molecule has 0 aliphatic carbocycles. The van der Waals surface area contributed by atoms with E-state index in [0.29, 0.717) is 11.4 Å². The highest BCUT2D eigenvalue weighted by Crippen LogP contribution is 2.17. The molecule has 0 saturated carbocycles. The van der Waals surface area contributed by atoms with Crippen LogP contribution in [0, 0.1) is 18.6 Å². The average Bonchev–Trinajstić information content (AvgIpc) is 3.41. The molecular weight excluding hydrogens is 396 g/mol. The zero-order valence-corrected chi connectivity index (χ0v) is 18.3. The molecule has 154 valence electrons. The maximum absolute atomic E-state index is 5.67. The van der Waals surface area contributed by atoms with E-state index in [-0.39, 0.29) is 6.04 Å². The smallest absolute Gasteiger partial charge is 0.225 e. The van der Waals surface area contributed by atoms with Gasteiger partial charge in [0.1, 0.15) is 18.7 Å². The fourth-order valence-electron chi connectivity index (χ4n) is 3.40. The maximum atomic E-state index is 5.67. The summed E-state index contributed by atoms with van der Waals surface area (Å²) in [4.78, 5) is 5.25. The van der Waals surface area contributed by atoms with Gasteiger partial charge in [-0.2, -0.15) is 14.5 Å². The van der Waals surface area contributed by atoms with E-state index in [1.54, 1.807) is 20.4 Å². The minimum absolute atomic E-state index is 0.252. The predicted octanol–water partition coefficient (Wildman–Crippen LogP) is 2.23. The summed E-state index contributed by atoms with van der Waals surface area (Å²) in [5.74, 6) is 0. The topological polar surface area (TPSA) is 70.8 Å². The fourth-order valence-corrected chi connectivity index (χ4v) is 3.64. The second kappa shape index (κ2) is 8.29. The summed E-state index contributed by atoms with van der Waals surface area (Å²) in [5, 5.41) is 12.8.